The van der Waals surface area contributed by atoms with Gasteiger partial charge in [-0.25, -0.2) is 9.97 Å². The minimum atomic E-state index is 0.724. The molecule has 4 nitrogen and oxygen atoms in total. The molecule has 1 aromatic heterocycles. The highest BCUT2D eigenvalue weighted by atomic mass is 127. The Labute approximate surface area is 103 Å². The molecule has 2 rings (SSSR count). The summed E-state index contributed by atoms with van der Waals surface area (Å²) in [5.74, 6) is 0.724. The highest BCUT2D eigenvalue weighted by Crippen LogP contribution is 2.18. The van der Waals surface area contributed by atoms with Crippen LogP contribution >= 0.6 is 22.6 Å². The third-order valence-corrected chi connectivity index (χ3v) is 2.82. The number of nitrogens with zero attached hydrogens (tertiary/aromatic N) is 2. The van der Waals surface area contributed by atoms with E-state index in [1.807, 2.05) is 12.4 Å². The smallest absolute Gasteiger partial charge is 0.222 e. The summed E-state index contributed by atoms with van der Waals surface area (Å²) in [6.07, 6.45) is 7.46. The highest BCUT2D eigenvalue weighted by molar-refractivity contribution is 14.1. The first-order valence-corrected chi connectivity index (χ1v) is 6.37. The van der Waals surface area contributed by atoms with E-state index in [1.165, 1.54) is 12.8 Å². The number of aromatic nitrogens is 2. The molecule has 1 aliphatic carbocycles. The molecule has 1 aliphatic rings. The van der Waals surface area contributed by atoms with Crippen molar-refractivity contribution in [3.8, 4) is 0 Å². The normalized spacial score (nSPS) is 15.3. The molecule has 0 amide bonds. The molecule has 0 unspecified atom stereocenters. The van der Waals surface area contributed by atoms with Gasteiger partial charge in [-0.05, 0) is 48.4 Å². The number of anilines is 1. The molecular weight excluding hydrogens is 303 g/mol. The van der Waals surface area contributed by atoms with E-state index in [4.69, 9.17) is 0 Å². The zero-order valence-electron chi connectivity index (χ0n) is 8.54. The Hall–Kier alpha value is -0.430. The van der Waals surface area contributed by atoms with Gasteiger partial charge in [-0.2, -0.15) is 0 Å². The summed E-state index contributed by atoms with van der Waals surface area (Å²) in [7, 11) is 0. The quantitative estimate of drug-likeness (QED) is 0.618. The first-order valence-electron chi connectivity index (χ1n) is 5.29. The van der Waals surface area contributed by atoms with Gasteiger partial charge >= 0.3 is 0 Å². The minimum Gasteiger partial charge on any atom is -0.354 e. The average Bonchev–Trinajstić information content (AvgIpc) is 3.04. The summed E-state index contributed by atoms with van der Waals surface area (Å²) in [6.45, 7) is 2.02. The Bertz CT molecular complexity index is 297. The second kappa shape index (κ2) is 5.60. The summed E-state index contributed by atoms with van der Waals surface area (Å²) < 4.78 is 1.06. The van der Waals surface area contributed by atoms with Crippen LogP contribution < -0.4 is 10.6 Å². The molecule has 2 N–H and O–H groups in total. The molecule has 0 saturated heterocycles. The van der Waals surface area contributed by atoms with Crippen molar-refractivity contribution in [3.63, 3.8) is 0 Å². The van der Waals surface area contributed by atoms with E-state index in [-0.39, 0.29) is 0 Å². The lowest BCUT2D eigenvalue weighted by Crippen LogP contribution is -2.20. The molecule has 0 aromatic carbocycles. The zero-order chi connectivity index (χ0) is 10.5. The first-order chi connectivity index (χ1) is 7.34. The predicted octanol–water partition coefficient (Wildman–Crippen LogP) is 1.64. The fourth-order valence-electron chi connectivity index (χ4n) is 1.29. The van der Waals surface area contributed by atoms with Gasteiger partial charge in [0.15, 0.2) is 0 Å². The van der Waals surface area contributed by atoms with E-state index in [9.17, 15) is 0 Å². The molecule has 15 heavy (non-hydrogen) atoms. The van der Waals surface area contributed by atoms with Crippen LogP contribution in [0.3, 0.4) is 0 Å². The molecule has 0 aliphatic heterocycles. The molecule has 82 valence electrons. The maximum atomic E-state index is 4.17. The Morgan fingerprint density at radius 1 is 1.27 bits per heavy atom. The fourth-order valence-corrected chi connectivity index (χ4v) is 1.56. The van der Waals surface area contributed by atoms with Gasteiger partial charge in [0.05, 0.1) is 0 Å². The lowest BCUT2D eigenvalue weighted by atomic mass is 10.4. The molecule has 0 bridgehead atoms. The number of halogens is 1. The lowest BCUT2D eigenvalue weighted by Gasteiger charge is -2.04. The van der Waals surface area contributed by atoms with Crippen molar-refractivity contribution in [2.45, 2.75) is 25.3 Å². The van der Waals surface area contributed by atoms with Gasteiger partial charge in [0.1, 0.15) is 0 Å². The van der Waals surface area contributed by atoms with E-state index >= 15 is 0 Å². The Balaban J connectivity index is 1.58. The summed E-state index contributed by atoms with van der Waals surface area (Å²) in [4.78, 5) is 8.35. The number of hydrogen-bond acceptors (Lipinski definition) is 4. The van der Waals surface area contributed by atoms with Gasteiger partial charge in [0.2, 0.25) is 5.95 Å². The van der Waals surface area contributed by atoms with Crippen molar-refractivity contribution < 1.29 is 0 Å². The Kier molecular flexibility index (Phi) is 4.13. The van der Waals surface area contributed by atoms with Crippen molar-refractivity contribution in [3.05, 3.63) is 16.0 Å². The van der Waals surface area contributed by atoms with Crippen molar-refractivity contribution in [2.24, 2.45) is 0 Å². The van der Waals surface area contributed by atoms with Crippen molar-refractivity contribution in [1.82, 2.24) is 15.3 Å². The molecule has 1 fully saturated rings. The van der Waals surface area contributed by atoms with Crippen LogP contribution in [0.2, 0.25) is 0 Å². The topological polar surface area (TPSA) is 49.8 Å². The molecule has 1 aromatic rings. The van der Waals surface area contributed by atoms with E-state index in [2.05, 4.69) is 43.2 Å². The van der Waals surface area contributed by atoms with E-state index in [0.29, 0.717) is 0 Å². The van der Waals surface area contributed by atoms with E-state index in [0.717, 1.165) is 35.1 Å². The second-order valence-corrected chi connectivity index (χ2v) is 4.98. The van der Waals surface area contributed by atoms with Crippen LogP contribution in [-0.2, 0) is 0 Å². The average molecular weight is 318 g/mol. The molecule has 0 radical (unpaired) electrons. The fraction of sp³-hybridized carbons (Fsp3) is 0.600. The van der Waals surface area contributed by atoms with Gasteiger partial charge in [-0.3, -0.25) is 0 Å². The molecule has 1 heterocycles. The van der Waals surface area contributed by atoms with Crippen LogP contribution in [0.4, 0.5) is 5.95 Å². The molecule has 0 atom stereocenters. The molecule has 1 saturated carbocycles. The van der Waals surface area contributed by atoms with Gasteiger partial charge < -0.3 is 10.6 Å². The number of rotatable bonds is 6. The molecule has 5 heteroatoms. The monoisotopic (exact) mass is 318 g/mol. The SMILES string of the molecule is Ic1cnc(NCCCNC2CC2)nc1. The van der Waals surface area contributed by atoms with Crippen LogP contribution in [0.25, 0.3) is 0 Å². The molecule has 0 spiro atoms. The van der Waals surface area contributed by atoms with Crippen LogP contribution in [-0.4, -0.2) is 29.1 Å². The third kappa shape index (κ3) is 4.29. The number of hydrogen-bond donors (Lipinski definition) is 2. The van der Waals surface area contributed by atoms with Crippen LogP contribution in [0.15, 0.2) is 12.4 Å². The maximum Gasteiger partial charge on any atom is 0.222 e. The molecular formula is C10H15IN4. The summed E-state index contributed by atoms with van der Waals surface area (Å²) in [5, 5.41) is 6.67. The summed E-state index contributed by atoms with van der Waals surface area (Å²) in [6, 6.07) is 0.805. The summed E-state index contributed by atoms with van der Waals surface area (Å²) in [5.41, 5.74) is 0. The Morgan fingerprint density at radius 3 is 2.67 bits per heavy atom. The van der Waals surface area contributed by atoms with Crippen molar-refractivity contribution in [2.75, 3.05) is 18.4 Å². The van der Waals surface area contributed by atoms with E-state index < -0.39 is 0 Å². The van der Waals surface area contributed by atoms with Gasteiger partial charge in [0, 0.05) is 28.6 Å². The number of nitrogens with one attached hydrogen (secondary N) is 2. The van der Waals surface area contributed by atoms with Crippen LogP contribution in [0.5, 0.6) is 0 Å². The largest absolute Gasteiger partial charge is 0.354 e. The maximum absolute atomic E-state index is 4.17. The van der Waals surface area contributed by atoms with Gasteiger partial charge in [-0.1, -0.05) is 0 Å². The van der Waals surface area contributed by atoms with Crippen LogP contribution in [0, 0.1) is 3.57 Å². The Morgan fingerprint density at radius 2 is 2.00 bits per heavy atom. The third-order valence-electron chi connectivity index (χ3n) is 2.27. The van der Waals surface area contributed by atoms with Gasteiger partial charge in [0.25, 0.3) is 0 Å². The zero-order valence-corrected chi connectivity index (χ0v) is 10.7. The first kappa shape index (κ1) is 11.1. The minimum absolute atomic E-state index is 0.724. The van der Waals surface area contributed by atoms with Crippen LogP contribution in [0.1, 0.15) is 19.3 Å². The van der Waals surface area contributed by atoms with Crippen molar-refractivity contribution >= 4 is 28.5 Å². The standard InChI is InChI=1S/C10H15IN4/c11-8-6-14-10(15-7-8)13-5-1-4-12-9-2-3-9/h6-7,9,12H,1-5H2,(H,13,14,15). The van der Waals surface area contributed by atoms with E-state index in [1.54, 1.807) is 0 Å². The predicted molar refractivity (Wildman–Crippen MR) is 68.9 cm³/mol. The second-order valence-electron chi connectivity index (χ2n) is 3.73. The summed E-state index contributed by atoms with van der Waals surface area (Å²) >= 11 is 2.20. The highest BCUT2D eigenvalue weighted by Gasteiger charge is 2.19. The lowest BCUT2D eigenvalue weighted by molar-refractivity contribution is 0.658. The van der Waals surface area contributed by atoms with Gasteiger partial charge in [-0.15, -0.1) is 0 Å². The van der Waals surface area contributed by atoms with Crippen molar-refractivity contribution in [1.29, 1.82) is 0 Å².